The van der Waals surface area contributed by atoms with Gasteiger partial charge in [-0.1, -0.05) is 12.1 Å². The number of Topliss-reactive ketones (excluding diaryl/α,β-unsaturated/α-hetero) is 1. The van der Waals surface area contributed by atoms with Gasteiger partial charge in [0.05, 0.1) is 9.85 Å². The van der Waals surface area contributed by atoms with Gasteiger partial charge in [0.2, 0.25) is 11.6 Å². The second-order valence-electron chi connectivity index (χ2n) is 5.93. The van der Waals surface area contributed by atoms with Crippen LogP contribution in [0.25, 0.3) is 17.4 Å². The fourth-order valence-corrected chi connectivity index (χ4v) is 2.60. The Balaban J connectivity index is 1.93. The van der Waals surface area contributed by atoms with Gasteiger partial charge in [0.1, 0.15) is 23.2 Å². The van der Waals surface area contributed by atoms with E-state index < -0.39 is 27.1 Å². The minimum absolute atomic E-state index is 0.0436. The Labute approximate surface area is 167 Å². The number of hydrogen-bond acceptors (Lipinski definition) is 7. The SMILES string of the molecule is N#C/C(=C\c1ccc(-c2ccc(F)c([N+](=O)[O-])c2)o1)C(=O)c1cccc([N+](=O)[O-])c1. The van der Waals surface area contributed by atoms with Gasteiger partial charge in [0.25, 0.3) is 5.69 Å². The maximum atomic E-state index is 13.5. The van der Waals surface area contributed by atoms with Gasteiger partial charge in [-0.05, 0) is 24.3 Å². The zero-order valence-corrected chi connectivity index (χ0v) is 14.9. The number of nitrogens with zero attached hydrogens (tertiary/aromatic N) is 3. The highest BCUT2D eigenvalue weighted by atomic mass is 19.1. The summed E-state index contributed by atoms with van der Waals surface area (Å²) < 4.78 is 19.0. The van der Waals surface area contributed by atoms with Crippen LogP contribution < -0.4 is 0 Å². The maximum Gasteiger partial charge on any atom is 0.305 e. The molecule has 0 amide bonds. The van der Waals surface area contributed by atoms with Crippen molar-refractivity contribution in [3.63, 3.8) is 0 Å². The Kier molecular flexibility index (Phi) is 5.46. The molecule has 3 rings (SSSR count). The van der Waals surface area contributed by atoms with E-state index in [0.717, 1.165) is 24.3 Å². The number of furan rings is 1. The van der Waals surface area contributed by atoms with E-state index in [1.165, 1.54) is 36.4 Å². The quantitative estimate of drug-likeness (QED) is 0.190. The third-order valence-corrected chi connectivity index (χ3v) is 4.02. The molecule has 0 aliphatic heterocycles. The number of non-ortho nitro benzene ring substituents is 1. The third kappa shape index (κ3) is 4.10. The van der Waals surface area contributed by atoms with Crippen LogP contribution in [0.5, 0.6) is 0 Å². The molecule has 0 fully saturated rings. The van der Waals surface area contributed by atoms with Crippen molar-refractivity contribution >= 4 is 23.2 Å². The molecule has 0 atom stereocenters. The van der Waals surface area contributed by atoms with Crippen molar-refractivity contribution in [2.24, 2.45) is 0 Å². The molecular formula is C20H10FN3O6. The van der Waals surface area contributed by atoms with Gasteiger partial charge in [-0.3, -0.25) is 25.0 Å². The molecule has 0 spiro atoms. The van der Waals surface area contributed by atoms with E-state index in [0.29, 0.717) is 0 Å². The highest BCUT2D eigenvalue weighted by molar-refractivity contribution is 6.14. The van der Waals surface area contributed by atoms with E-state index in [1.807, 2.05) is 0 Å². The zero-order valence-electron chi connectivity index (χ0n) is 14.9. The number of nitriles is 1. The van der Waals surface area contributed by atoms with Gasteiger partial charge in [0.15, 0.2) is 0 Å². The number of hydrogen-bond donors (Lipinski definition) is 0. The molecule has 3 aromatic rings. The Hall–Kier alpha value is -4.65. The van der Waals surface area contributed by atoms with Crippen molar-refractivity contribution < 1.29 is 23.4 Å². The number of benzene rings is 2. The minimum Gasteiger partial charge on any atom is -0.457 e. The normalized spacial score (nSPS) is 11.0. The first-order valence-electron chi connectivity index (χ1n) is 8.25. The third-order valence-electron chi connectivity index (χ3n) is 4.02. The van der Waals surface area contributed by atoms with E-state index >= 15 is 0 Å². The van der Waals surface area contributed by atoms with E-state index in [2.05, 4.69) is 0 Å². The number of halogens is 1. The van der Waals surface area contributed by atoms with Crippen molar-refractivity contribution in [3.8, 4) is 17.4 Å². The molecule has 1 heterocycles. The number of carbonyl (C=O) groups is 1. The molecule has 0 unspecified atom stereocenters. The molecule has 2 aromatic carbocycles. The first kappa shape index (κ1) is 20.1. The van der Waals surface area contributed by atoms with E-state index in [1.54, 1.807) is 6.07 Å². The standard InChI is InChI=1S/C20H10FN3O6/c21-17-6-4-12(10-18(17)24(28)29)19-7-5-16(30-19)9-14(11-22)20(25)13-2-1-3-15(8-13)23(26)27/h1-10H/b14-9+. The Bertz CT molecular complexity index is 1260. The summed E-state index contributed by atoms with van der Waals surface area (Å²) in [6.45, 7) is 0. The predicted octanol–water partition coefficient (Wildman–Crippen LogP) is 4.69. The lowest BCUT2D eigenvalue weighted by atomic mass is 10.0. The van der Waals surface area contributed by atoms with Crippen LogP contribution in [0.1, 0.15) is 16.1 Å². The summed E-state index contributed by atoms with van der Waals surface area (Å²) in [5.74, 6) is -1.49. The average molecular weight is 407 g/mol. The maximum absolute atomic E-state index is 13.5. The minimum atomic E-state index is -0.996. The molecule has 0 aliphatic carbocycles. The molecule has 148 valence electrons. The summed E-state index contributed by atoms with van der Waals surface area (Å²) in [4.78, 5) is 32.7. The topological polar surface area (TPSA) is 140 Å². The average Bonchev–Trinajstić information content (AvgIpc) is 3.20. The highest BCUT2D eigenvalue weighted by Crippen LogP contribution is 2.28. The summed E-state index contributed by atoms with van der Waals surface area (Å²) in [7, 11) is 0. The van der Waals surface area contributed by atoms with Crippen molar-refractivity contribution in [1.29, 1.82) is 5.26 Å². The van der Waals surface area contributed by atoms with Gasteiger partial charge in [-0.15, -0.1) is 0 Å². The number of allylic oxidation sites excluding steroid dienone is 1. The molecule has 0 bridgehead atoms. The molecule has 1 aromatic heterocycles. The second kappa shape index (κ2) is 8.15. The Morgan fingerprint density at radius 3 is 2.50 bits per heavy atom. The first-order valence-corrected chi connectivity index (χ1v) is 8.25. The zero-order chi connectivity index (χ0) is 21.8. The first-order chi connectivity index (χ1) is 14.3. The summed E-state index contributed by atoms with van der Waals surface area (Å²) in [6, 6.07) is 12.7. The molecule has 0 saturated heterocycles. The van der Waals surface area contributed by atoms with E-state index in [-0.39, 0.29) is 33.9 Å². The molecule has 0 N–H and O–H groups in total. The van der Waals surface area contributed by atoms with Gasteiger partial charge >= 0.3 is 5.69 Å². The largest absolute Gasteiger partial charge is 0.457 e. The summed E-state index contributed by atoms with van der Waals surface area (Å²) >= 11 is 0. The van der Waals surface area contributed by atoms with Crippen LogP contribution in [-0.2, 0) is 0 Å². The number of rotatable bonds is 6. The van der Waals surface area contributed by atoms with Gasteiger partial charge in [-0.2, -0.15) is 9.65 Å². The highest BCUT2D eigenvalue weighted by Gasteiger charge is 2.18. The fraction of sp³-hybridized carbons (Fsp3) is 0. The lowest BCUT2D eigenvalue weighted by Crippen LogP contribution is -2.02. The van der Waals surface area contributed by atoms with Gasteiger partial charge in [-0.25, -0.2) is 0 Å². The molecule has 30 heavy (non-hydrogen) atoms. The van der Waals surface area contributed by atoms with Crippen LogP contribution in [0.4, 0.5) is 15.8 Å². The van der Waals surface area contributed by atoms with Crippen LogP contribution in [0.3, 0.4) is 0 Å². The van der Waals surface area contributed by atoms with Crippen LogP contribution in [0.15, 0.2) is 64.6 Å². The van der Waals surface area contributed by atoms with Gasteiger partial charge in [0, 0.05) is 35.4 Å². The molecule has 10 heteroatoms. The Morgan fingerprint density at radius 1 is 1.07 bits per heavy atom. The van der Waals surface area contributed by atoms with Crippen molar-refractivity contribution in [2.75, 3.05) is 0 Å². The van der Waals surface area contributed by atoms with E-state index in [4.69, 9.17) is 4.42 Å². The second-order valence-corrected chi connectivity index (χ2v) is 5.93. The van der Waals surface area contributed by atoms with Crippen molar-refractivity contribution in [1.82, 2.24) is 0 Å². The Morgan fingerprint density at radius 2 is 1.83 bits per heavy atom. The number of ketones is 1. The number of nitro groups is 2. The fourth-order valence-electron chi connectivity index (χ4n) is 2.60. The molecule has 9 nitrogen and oxygen atoms in total. The number of carbonyl (C=O) groups excluding carboxylic acids is 1. The molecule has 0 aliphatic rings. The molecular weight excluding hydrogens is 397 g/mol. The molecule has 0 radical (unpaired) electrons. The predicted molar refractivity (Wildman–Crippen MR) is 102 cm³/mol. The van der Waals surface area contributed by atoms with Gasteiger partial charge < -0.3 is 4.42 Å². The van der Waals surface area contributed by atoms with Crippen molar-refractivity contribution in [3.05, 3.63) is 97.5 Å². The van der Waals surface area contributed by atoms with Crippen LogP contribution in [0, 0.1) is 37.4 Å². The van der Waals surface area contributed by atoms with Crippen LogP contribution >= 0.6 is 0 Å². The van der Waals surface area contributed by atoms with Crippen molar-refractivity contribution in [2.45, 2.75) is 0 Å². The van der Waals surface area contributed by atoms with Crippen LogP contribution in [-0.4, -0.2) is 15.6 Å². The molecule has 0 saturated carbocycles. The summed E-state index contributed by atoms with van der Waals surface area (Å²) in [6.07, 6.45) is 1.14. The van der Waals surface area contributed by atoms with Crippen LogP contribution in [0.2, 0.25) is 0 Å². The number of nitro benzene ring substituents is 2. The summed E-state index contributed by atoms with van der Waals surface area (Å²) in [5, 5.41) is 31.1. The lowest BCUT2D eigenvalue weighted by Gasteiger charge is -2.00. The summed E-state index contributed by atoms with van der Waals surface area (Å²) in [5.41, 5.74) is -1.17. The smallest absolute Gasteiger partial charge is 0.305 e. The van der Waals surface area contributed by atoms with E-state index in [9.17, 15) is 34.7 Å². The lowest BCUT2D eigenvalue weighted by molar-refractivity contribution is -0.387. The monoisotopic (exact) mass is 407 g/mol.